The maximum Gasteiger partial charge on any atom is 0.281 e. The molecule has 0 spiro atoms. The number of aromatic nitrogens is 2. The average molecular weight is 302 g/mol. The highest BCUT2D eigenvalue weighted by atomic mass is 32.1. The van der Waals surface area contributed by atoms with Gasteiger partial charge in [-0.15, -0.1) is 0 Å². The van der Waals surface area contributed by atoms with Crippen molar-refractivity contribution in [2.45, 2.75) is 0 Å². The highest BCUT2D eigenvalue weighted by Crippen LogP contribution is 2.22. The van der Waals surface area contributed by atoms with Gasteiger partial charge in [-0.2, -0.15) is 5.10 Å². The second-order valence-corrected chi connectivity index (χ2v) is 4.91. The van der Waals surface area contributed by atoms with Crippen molar-refractivity contribution >= 4 is 35.0 Å². The second kappa shape index (κ2) is 5.10. The molecule has 0 bridgehead atoms. The van der Waals surface area contributed by atoms with Gasteiger partial charge in [0.05, 0.1) is 11.4 Å². The van der Waals surface area contributed by atoms with Crippen molar-refractivity contribution in [3.63, 3.8) is 0 Å². The van der Waals surface area contributed by atoms with Gasteiger partial charge in [0.15, 0.2) is 5.11 Å². The number of thiocarbonyl (C=S) groups is 1. The van der Waals surface area contributed by atoms with Gasteiger partial charge in [0.1, 0.15) is 11.5 Å². The van der Waals surface area contributed by atoms with Gasteiger partial charge in [-0.3, -0.25) is 14.4 Å². The number of aryl methyl sites for hydroxylation is 1. The first-order valence-electron chi connectivity index (χ1n) is 6.17. The molecule has 1 saturated heterocycles. The number of hydrogen-bond acceptors (Lipinski definition) is 3. The Morgan fingerprint density at radius 1 is 1.29 bits per heavy atom. The van der Waals surface area contributed by atoms with Crippen molar-refractivity contribution in [2.24, 2.45) is 7.05 Å². The highest BCUT2D eigenvalue weighted by molar-refractivity contribution is 7.80. The van der Waals surface area contributed by atoms with E-state index < -0.39 is 0 Å². The zero-order valence-electron chi connectivity index (χ0n) is 11.1. The summed E-state index contributed by atoms with van der Waals surface area (Å²) in [6.07, 6.45) is 3.40. The molecule has 106 valence electrons. The number of benzene rings is 1. The van der Waals surface area contributed by atoms with Crippen LogP contribution in [-0.4, -0.2) is 20.8 Å². The lowest BCUT2D eigenvalue weighted by atomic mass is 10.2. The van der Waals surface area contributed by atoms with Crippen molar-refractivity contribution in [3.05, 3.63) is 53.7 Å². The zero-order valence-corrected chi connectivity index (χ0v) is 11.9. The number of carbonyl (C=O) groups is 1. The number of hydrogen-bond donors (Lipinski definition) is 1. The Morgan fingerprint density at radius 3 is 2.62 bits per heavy atom. The van der Waals surface area contributed by atoms with E-state index in [1.165, 1.54) is 29.2 Å². The van der Waals surface area contributed by atoms with Gasteiger partial charge >= 0.3 is 0 Å². The van der Waals surface area contributed by atoms with E-state index in [2.05, 4.69) is 10.4 Å². The van der Waals surface area contributed by atoms with Crippen LogP contribution in [0.15, 0.2) is 42.2 Å². The first kappa shape index (κ1) is 13.4. The van der Waals surface area contributed by atoms with Gasteiger partial charge in [0, 0.05) is 13.2 Å². The number of carbonyl (C=O) groups excluding carboxylic acids is 1. The average Bonchev–Trinajstić information content (AvgIpc) is 2.96. The van der Waals surface area contributed by atoms with Crippen LogP contribution in [0.2, 0.25) is 0 Å². The second-order valence-electron chi connectivity index (χ2n) is 4.52. The molecule has 0 radical (unpaired) electrons. The van der Waals surface area contributed by atoms with E-state index in [4.69, 9.17) is 12.2 Å². The lowest BCUT2D eigenvalue weighted by Gasteiger charge is -2.13. The van der Waals surface area contributed by atoms with Crippen LogP contribution in [-0.2, 0) is 11.8 Å². The molecule has 1 aliphatic rings. The molecule has 0 aliphatic carbocycles. The molecule has 2 heterocycles. The number of nitrogens with zero attached hydrogens (tertiary/aromatic N) is 3. The minimum absolute atomic E-state index is 0.258. The van der Waals surface area contributed by atoms with Gasteiger partial charge < -0.3 is 5.32 Å². The highest BCUT2D eigenvalue weighted by Gasteiger charge is 2.32. The van der Waals surface area contributed by atoms with Crippen LogP contribution in [0.25, 0.3) is 6.08 Å². The smallest absolute Gasteiger partial charge is 0.281 e. The maximum absolute atomic E-state index is 13.0. The molecule has 1 fully saturated rings. The van der Waals surface area contributed by atoms with Crippen molar-refractivity contribution in [2.75, 3.05) is 4.90 Å². The number of halogens is 1. The lowest BCUT2D eigenvalue weighted by Crippen LogP contribution is -2.30. The van der Waals surface area contributed by atoms with Crippen LogP contribution in [0, 0.1) is 5.82 Å². The SMILES string of the molecule is Cn1ccc(/C=C2/NC(=S)N(c3ccc(F)cc3)C2=O)n1. The third kappa shape index (κ3) is 2.55. The molecular weight excluding hydrogens is 291 g/mol. The summed E-state index contributed by atoms with van der Waals surface area (Å²) in [5.41, 5.74) is 1.50. The predicted molar refractivity (Wildman–Crippen MR) is 80.8 cm³/mol. The van der Waals surface area contributed by atoms with Gasteiger partial charge in [-0.25, -0.2) is 4.39 Å². The van der Waals surface area contributed by atoms with Crippen molar-refractivity contribution in [1.82, 2.24) is 15.1 Å². The Labute approximate surface area is 125 Å². The van der Waals surface area contributed by atoms with Gasteiger partial charge in [-0.1, -0.05) is 0 Å². The Hall–Kier alpha value is -2.54. The topological polar surface area (TPSA) is 50.2 Å². The quantitative estimate of drug-likeness (QED) is 0.679. The fraction of sp³-hybridized carbons (Fsp3) is 0.0714. The number of amides is 1. The van der Waals surface area contributed by atoms with Crippen LogP contribution < -0.4 is 10.2 Å². The summed E-state index contributed by atoms with van der Waals surface area (Å²) in [4.78, 5) is 13.7. The molecule has 1 aromatic heterocycles. The molecule has 0 saturated carbocycles. The normalized spacial score (nSPS) is 16.7. The van der Waals surface area contributed by atoms with E-state index in [9.17, 15) is 9.18 Å². The van der Waals surface area contributed by atoms with Crippen LogP contribution in [0.3, 0.4) is 0 Å². The number of nitrogens with one attached hydrogen (secondary N) is 1. The Balaban J connectivity index is 1.92. The largest absolute Gasteiger partial charge is 0.327 e. The van der Waals surface area contributed by atoms with Crippen molar-refractivity contribution < 1.29 is 9.18 Å². The monoisotopic (exact) mass is 302 g/mol. The Kier molecular flexibility index (Phi) is 3.26. The molecule has 1 N–H and O–H groups in total. The molecular formula is C14H11FN4OS. The fourth-order valence-corrected chi connectivity index (χ4v) is 2.32. The molecule has 3 rings (SSSR count). The van der Waals surface area contributed by atoms with E-state index in [1.54, 1.807) is 30.1 Å². The Bertz CT molecular complexity index is 751. The van der Waals surface area contributed by atoms with E-state index in [0.717, 1.165) is 0 Å². The van der Waals surface area contributed by atoms with Crippen molar-refractivity contribution in [3.8, 4) is 0 Å². The minimum atomic E-state index is -0.367. The van der Waals surface area contributed by atoms with E-state index in [-0.39, 0.29) is 16.8 Å². The molecule has 5 nitrogen and oxygen atoms in total. The lowest BCUT2D eigenvalue weighted by molar-refractivity contribution is -0.113. The van der Waals surface area contributed by atoms with E-state index in [1.807, 2.05) is 0 Å². The summed E-state index contributed by atoms with van der Waals surface area (Å²) in [6.45, 7) is 0. The third-order valence-corrected chi connectivity index (χ3v) is 3.27. The van der Waals surface area contributed by atoms with Crippen LogP contribution >= 0.6 is 12.2 Å². The summed E-state index contributed by atoms with van der Waals surface area (Å²) in [7, 11) is 1.79. The van der Waals surface area contributed by atoms with Gasteiger partial charge in [-0.05, 0) is 48.6 Å². The Morgan fingerprint density at radius 2 is 2.00 bits per heavy atom. The molecule has 7 heteroatoms. The van der Waals surface area contributed by atoms with E-state index >= 15 is 0 Å². The van der Waals surface area contributed by atoms with Gasteiger partial charge in [0.25, 0.3) is 5.91 Å². The standard InChI is InChI=1S/C14H11FN4OS/c1-18-7-6-10(17-18)8-12-13(20)19(14(21)16-12)11-4-2-9(15)3-5-11/h2-8H,1H3,(H,16,21)/b12-8+. The molecule has 2 aromatic rings. The van der Waals surface area contributed by atoms with Crippen LogP contribution in [0.4, 0.5) is 10.1 Å². The predicted octanol–water partition coefficient (Wildman–Crippen LogP) is 1.82. The summed E-state index contributed by atoms with van der Waals surface area (Å²) in [5.74, 6) is -0.661. The summed E-state index contributed by atoms with van der Waals surface area (Å²) < 4.78 is 14.6. The fourth-order valence-electron chi connectivity index (χ4n) is 2.02. The molecule has 1 amide bonds. The first-order chi connectivity index (χ1) is 10.0. The maximum atomic E-state index is 13.0. The zero-order chi connectivity index (χ0) is 15.0. The van der Waals surface area contributed by atoms with E-state index in [0.29, 0.717) is 17.1 Å². The third-order valence-electron chi connectivity index (χ3n) is 2.99. The van der Waals surface area contributed by atoms with Crippen molar-refractivity contribution in [1.29, 1.82) is 0 Å². The molecule has 0 unspecified atom stereocenters. The van der Waals surface area contributed by atoms with Crippen LogP contribution in [0.1, 0.15) is 5.69 Å². The molecule has 0 atom stereocenters. The summed E-state index contributed by atoms with van der Waals surface area (Å²) in [5, 5.41) is 7.29. The summed E-state index contributed by atoms with van der Waals surface area (Å²) >= 11 is 5.16. The molecule has 21 heavy (non-hydrogen) atoms. The summed E-state index contributed by atoms with van der Waals surface area (Å²) in [6, 6.07) is 7.36. The molecule has 1 aromatic carbocycles. The molecule has 1 aliphatic heterocycles. The first-order valence-corrected chi connectivity index (χ1v) is 6.58. The van der Waals surface area contributed by atoms with Gasteiger partial charge in [0.2, 0.25) is 0 Å². The number of anilines is 1. The minimum Gasteiger partial charge on any atom is -0.327 e. The van der Waals surface area contributed by atoms with Crippen LogP contribution in [0.5, 0.6) is 0 Å². The number of rotatable bonds is 2.